The van der Waals surface area contributed by atoms with Gasteiger partial charge in [-0.25, -0.2) is 4.98 Å². The van der Waals surface area contributed by atoms with E-state index in [4.69, 9.17) is 0 Å². The Kier molecular flexibility index (Phi) is 2.61. The molecule has 3 heterocycles. The van der Waals surface area contributed by atoms with E-state index in [9.17, 15) is 10.1 Å². The number of aromatic amines is 1. The van der Waals surface area contributed by atoms with Crippen molar-refractivity contribution >= 4 is 5.52 Å². The van der Waals surface area contributed by atoms with Gasteiger partial charge >= 0.3 is 0 Å². The van der Waals surface area contributed by atoms with Crippen molar-refractivity contribution in [2.45, 2.75) is 13.8 Å². The normalized spacial score (nSPS) is 10.7. The van der Waals surface area contributed by atoms with Crippen LogP contribution in [0, 0.1) is 25.2 Å². The topological polar surface area (TPSA) is 86.8 Å². The van der Waals surface area contributed by atoms with E-state index in [1.54, 1.807) is 35.9 Å². The second kappa shape index (κ2) is 4.31. The fourth-order valence-corrected chi connectivity index (χ4v) is 2.37. The molecule has 0 saturated carbocycles. The molecular weight excluding hydrogens is 254 g/mol. The Morgan fingerprint density at radius 3 is 2.65 bits per heavy atom. The van der Waals surface area contributed by atoms with Gasteiger partial charge in [-0.1, -0.05) is 0 Å². The van der Waals surface area contributed by atoms with Crippen LogP contribution in [0.3, 0.4) is 0 Å². The van der Waals surface area contributed by atoms with E-state index in [1.807, 2.05) is 13.0 Å². The summed E-state index contributed by atoms with van der Waals surface area (Å²) in [6.07, 6.45) is 3.31. The van der Waals surface area contributed by atoms with Gasteiger partial charge in [0.15, 0.2) is 0 Å². The van der Waals surface area contributed by atoms with Crippen molar-refractivity contribution in [3.63, 3.8) is 0 Å². The SMILES string of the molecule is Cc1nc(C#N)n2c(C)c(-c3ccncc3)[nH]c(=O)c12. The molecule has 0 saturated heterocycles. The highest BCUT2D eigenvalue weighted by Gasteiger charge is 2.16. The van der Waals surface area contributed by atoms with Crippen molar-refractivity contribution in [1.29, 1.82) is 5.26 Å². The van der Waals surface area contributed by atoms with Crippen LogP contribution in [0.4, 0.5) is 0 Å². The van der Waals surface area contributed by atoms with E-state index in [-0.39, 0.29) is 11.4 Å². The maximum Gasteiger partial charge on any atom is 0.274 e. The maximum atomic E-state index is 12.2. The molecule has 6 nitrogen and oxygen atoms in total. The summed E-state index contributed by atoms with van der Waals surface area (Å²) >= 11 is 0. The summed E-state index contributed by atoms with van der Waals surface area (Å²) < 4.78 is 1.60. The third-order valence-electron chi connectivity index (χ3n) is 3.27. The Balaban J connectivity index is 2.47. The molecule has 0 aromatic carbocycles. The van der Waals surface area contributed by atoms with Crippen LogP contribution in [0.25, 0.3) is 16.8 Å². The highest BCUT2D eigenvalue weighted by Crippen LogP contribution is 2.21. The van der Waals surface area contributed by atoms with Gasteiger partial charge in [-0.05, 0) is 26.0 Å². The first-order valence-electron chi connectivity index (χ1n) is 6.06. The summed E-state index contributed by atoms with van der Waals surface area (Å²) in [5.74, 6) is 0.219. The number of hydrogen-bond acceptors (Lipinski definition) is 4. The summed E-state index contributed by atoms with van der Waals surface area (Å²) in [5.41, 5.74) is 2.98. The summed E-state index contributed by atoms with van der Waals surface area (Å²) in [4.78, 5) is 23.2. The van der Waals surface area contributed by atoms with Gasteiger partial charge in [0.05, 0.1) is 11.4 Å². The highest BCUT2D eigenvalue weighted by atomic mass is 16.1. The largest absolute Gasteiger partial charge is 0.319 e. The number of nitriles is 1. The van der Waals surface area contributed by atoms with Gasteiger partial charge in [-0.15, -0.1) is 0 Å². The molecule has 0 atom stereocenters. The van der Waals surface area contributed by atoms with Gasteiger partial charge in [0.25, 0.3) is 5.56 Å². The molecular formula is C14H11N5O. The quantitative estimate of drug-likeness (QED) is 0.723. The monoisotopic (exact) mass is 265 g/mol. The van der Waals surface area contributed by atoms with Crippen molar-refractivity contribution in [1.82, 2.24) is 19.4 Å². The number of nitrogens with one attached hydrogen (secondary N) is 1. The lowest BCUT2D eigenvalue weighted by Crippen LogP contribution is -2.14. The van der Waals surface area contributed by atoms with Crippen LogP contribution in [-0.2, 0) is 0 Å². The second-order valence-corrected chi connectivity index (χ2v) is 4.47. The number of fused-ring (bicyclic) bond motifs is 1. The second-order valence-electron chi connectivity index (χ2n) is 4.47. The van der Waals surface area contributed by atoms with E-state index in [0.29, 0.717) is 16.9 Å². The van der Waals surface area contributed by atoms with Gasteiger partial charge in [0.2, 0.25) is 5.82 Å². The van der Waals surface area contributed by atoms with Crippen molar-refractivity contribution in [3.8, 4) is 17.3 Å². The van der Waals surface area contributed by atoms with Crippen molar-refractivity contribution < 1.29 is 0 Å². The lowest BCUT2D eigenvalue weighted by molar-refractivity contribution is 1.00. The van der Waals surface area contributed by atoms with Crippen LogP contribution in [-0.4, -0.2) is 19.4 Å². The van der Waals surface area contributed by atoms with Crippen LogP contribution >= 0.6 is 0 Å². The maximum absolute atomic E-state index is 12.2. The molecule has 1 N–H and O–H groups in total. The predicted molar refractivity (Wildman–Crippen MR) is 73.2 cm³/mol. The van der Waals surface area contributed by atoms with Gasteiger partial charge in [0, 0.05) is 23.7 Å². The zero-order chi connectivity index (χ0) is 14.3. The third kappa shape index (κ3) is 1.61. The molecule has 0 amide bonds. The van der Waals surface area contributed by atoms with Gasteiger partial charge in [0.1, 0.15) is 11.6 Å². The number of imidazole rings is 1. The number of nitrogens with zero attached hydrogens (tertiary/aromatic N) is 4. The minimum Gasteiger partial charge on any atom is -0.319 e. The summed E-state index contributed by atoms with van der Waals surface area (Å²) in [6.45, 7) is 3.57. The van der Waals surface area contributed by atoms with E-state index in [2.05, 4.69) is 15.0 Å². The predicted octanol–water partition coefficient (Wildman–Crippen LogP) is 1.57. The van der Waals surface area contributed by atoms with Crippen molar-refractivity contribution in [2.24, 2.45) is 0 Å². The van der Waals surface area contributed by atoms with Crippen molar-refractivity contribution in [3.05, 3.63) is 52.1 Å². The summed E-state index contributed by atoms with van der Waals surface area (Å²) in [5, 5.41) is 9.17. The molecule has 0 bridgehead atoms. The summed E-state index contributed by atoms with van der Waals surface area (Å²) in [6, 6.07) is 5.64. The molecule has 0 spiro atoms. The van der Waals surface area contributed by atoms with Crippen LogP contribution in [0.15, 0.2) is 29.3 Å². The Bertz CT molecular complexity index is 899. The Labute approximate surface area is 114 Å². The molecule has 3 aromatic heterocycles. The van der Waals surface area contributed by atoms with E-state index >= 15 is 0 Å². The molecule has 3 rings (SSSR count). The fraction of sp³-hybridized carbons (Fsp3) is 0.143. The van der Waals surface area contributed by atoms with E-state index < -0.39 is 0 Å². The molecule has 6 heteroatoms. The number of H-pyrrole nitrogens is 1. The standard InChI is InChI=1S/C14H11N5O/c1-8-13-14(20)18-12(10-3-5-16-6-4-10)9(2)19(13)11(7-15)17-8/h3-6H,1-2H3,(H,18,20). The number of hydrogen-bond donors (Lipinski definition) is 1. The first kappa shape index (κ1) is 12.1. The summed E-state index contributed by atoms with van der Waals surface area (Å²) in [7, 11) is 0. The molecule has 20 heavy (non-hydrogen) atoms. The molecule has 0 unspecified atom stereocenters. The van der Waals surface area contributed by atoms with Crippen LogP contribution in [0.5, 0.6) is 0 Å². The van der Waals surface area contributed by atoms with Crippen molar-refractivity contribution in [2.75, 3.05) is 0 Å². The lowest BCUT2D eigenvalue weighted by Gasteiger charge is -2.08. The van der Waals surface area contributed by atoms with Gasteiger partial charge < -0.3 is 4.98 Å². The van der Waals surface area contributed by atoms with E-state index in [0.717, 1.165) is 11.3 Å². The van der Waals surface area contributed by atoms with Crippen LogP contribution in [0.1, 0.15) is 17.2 Å². The molecule has 0 fully saturated rings. The lowest BCUT2D eigenvalue weighted by atomic mass is 10.1. The van der Waals surface area contributed by atoms with Gasteiger partial charge in [-0.2, -0.15) is 5.26 Å². The third-order valence-corrected chi connectivity index (χ3v) is 3.27. The van der Waals surface area contributed by atoms with Crippen LogP contribution < -0.4 is 5.56 Å². The smallest absolute Gasteiger partial charge is 0.274 e. The average molecular weight is 265 g/mol. The molecule has 0 radical (unpaired) electrons. The minimum atomic E-state index is -0.256. The molecule has 0 aliphatic heterocycles. The number of aromatic nitrogens is 4. The Morgan fingerprint density at radius 1 is 1.30 bits per heavy atom. The van der Waals surface area contributed by atoms with Crippen LogP contribution in [0.2, 0.25) is 0 Å². The minimum absolute atomic E-state index is 0.219. The fourth-order valence-electron chi connectivity index (χ4n) is 2.37. The van der Waals surface area contributed by atoms with E-state index in [1.165, 1.54) is 0 Å². The highest BCUT2D eigenvalue weighted by molar-refractivity contribution is 5.65. The first-order valence-corrected chi connectivity index (χ1v) is 6.06. The number of pyridine rings is 1. The number of rotatable bonds is 1. The van der Waals surface area contributed by atoms with Gasteiger partial charge in [-0.3, -0.25) is 14.2 Å². The zero-order valence-corrected chi connectivity index (χ0v) is 11.0. The number of aryl methyl sites for hydroxylation is 2. The molecule has 98 valence electrons. The molecule has 3 aromatic rings. The Morgan fingerprint density at radius 2 is 2.00 bits per heavy atom. The molecule has 0 aliphatic carbocycles. The first-order chi connectivity index (χ1) is 9.63. The zero-order valence-electron chi connectivity index (χ0n) is 11.0. The Hall–Kier alpha value is -2.94. The average Bonchev–Trinajstić information content (AvgIpc) is 2.81. The molecule has 0 aliphatic rings.